The molecule has 0 bridgehead atoms. The maximum Gasteiger partial charge on any atom is 0.408 e. The summed E-state index contributed by atoms with van der Waals surface area (Å²) in [6.45, 7) is 12.8. The van der Waals surface area contributed by atoms with Crippen LogP contribution in [0.1, 0.15) is 68.8 Å². The Labute approximate surface area is 208 Å². The average Bonchev–Trinajstić information content (AvgIpc) is 3.58. The first-order chi connectivity index (χ1) is 16.4. The van der Waals surface area contributed by atoms with Crippen LogP contribution in [-0.4, -0.2) is 40.5 Å². The monoisotopic (exact) mass is 479 g/mol. The number of aryl methyl sites for hydroxylation is 3. The van der Waals surface area contributed by atoms with E-state index in [2.05, 4.69) is 10.6 Å². The van der Waals surface area contributed by atoms with Gasteiger partial charge in [-0.15, -0.1) is 0 Å². The lowest BCUT2D eigenvalue weighted by Crippen LogP contribution is -2.52. The number of nitrogens with one attached hydrogen (secondary N) is 2. The summed E-state index contributed by atoms with van der Waals surface area (Å²) >= 11 is 0. The molecule has 0 saturated heterocycles. The van der Waals surface area contributed by atoms with Crippen molar-refractivity contribution in [2.24, 2.45) is 0 Å². The van der Waals surface area contributed by atoms with Gasteiger partial charge in [-0.05, 0) is 83.6 Å². The van der Waals surface area contributed by atoms with Gasteiger partial charge in [0.15, 0.2) is 0 Å². The van der Waals surface area contributed by atoms with Gasteiger partial charge in [0.2, 0.25) is 5.91 Å². The number of para-hydroxylation sites is 1. The molecule has 3 rings (SSSR count). The zero-order valence-corrected chi connectivity index (χ0v) is 21.8. The molecule has 188 valence electrons. The molecule has 2 unspecified atom stereocenters. The van der Waals surface area contributed by atoms with Gasteiger partial charge in [0.25, 0.3) is 5.91 Å². The Bertz CT molecular complexity index is 1080. The van der Waals surface area contributed by atoms with E-state index in [1.165, 1.54) is 0 Å². The fourth-order valence-corrected chi connectivity index (χ4v) is 4.15. The second-order valence-electron chi connectivity index (χ2n) is 10.4. The van der Waals surface area contributed by atoms with Gasteiger partial charge in [0.05, 0.1) is 0 Å². The van der Waals surface area contributed by atoms with Crippen LogP contribution in [0.15, 0.2) is 42.5 Å². The lowest BCUT2D eigenvalue weighted by molar-refractivity contribution is -0.141. The highest BCUT2D eigenvalue weighted by Crippen LogP contribution is 2.37. The molecule has 2 N–H and O–H groups in total. The van der Waals surface area contributed by atoms with E-state index in [1.807, 2.05) is 63.2 Å². The van der Waals surface area contributed by atoms with E-state index >= 15 is 0 Å². The summed E-state index contributed by atoms with van der Waals surface area (Å²) < 4.78 is 5.33. The fraction of sp³-hybridized carbons (Fsp3) is 0.464. The molecule has 0 heterocycles. The van der Waals surface area contributed by atoms with E-state index in [9.17, 15) is 14.4 Å². The minimum absolute atomic E-state index is 0.0706. The predicted molar refractivity (Wildman–Crippen MR) is 137 cm³/mol. The Balaban J connectivity index is 1.95. The van der Waals surface area contributed by atoms with Gasteiger partial charge in [-0.2, -0.15) is 0 Å². The lowest BCUT2D eigenvalue weighted by Gasteiger charge is -2.34. The maximum atomic E-state index is 13.9. The molecule has 1 aliphatic rings. The third-order valence-electron chi connectivity index (χ3n) is 6.04. The van der Waals surface area contributed by atoms with Crippen molar-refractivity contribution in [3.05, 3.63) is 64.7 Å². The summed E-state index contributed by atoms with van der Waals surface area (Å²) in [5.74, 6) is -0.593. The second-order valence-corrected chi connectivity index (χ2v) is 10.4. The van der Waals surface area contributed by atoms with Gasteiger partial charge in [-0.25, -0.2) is 4.79 Å². The highest BCUT2D eigenvalue weighted by atomic mass is 16.6. The molecule has 2 aromatic carbocycles. The molecule has 35 heavy (non-hydrogen) atoms. The first-order valence-corrected chi connectivity index (χ1v) is 12.1. The number of carbonyl (C=O) groups excluding carboxylic acids is 3. The first-order valence-electron chi connectivity index (χ1n) is 12.1. The summed E-state index contributed by atoms with van der Waals surface area (Å²) in [5, 5.41) is 5.73. The van der Waals surface area contributed by atoms with Gasteiger partial charge in [-0.1, -0.05) is 42.5 Å². The average molecular weight is 480 g/mol. The van der Waals surface area contributed by atoms with Crippen molar-refractivity contribution < 1.29 is 19.1 Å². The number of alkyl carbamates (subject to hydrolysis) is 1. The van der Waals surface area contributed by atoms with E-state index in [-0.39, 0.29) is 17.9 Å². The zero-order valence-electron chi connectivity index (χ0n) is 21.8. The van der Waals surface area contributed by atoms with E-state index in [4.69, 9.17) is 4.74 Å². The van der Waals surface area contributed by atoms with Crippen LogP contribution in [0.25, 0.3) is 0 Å². The molecule has 0 aromatic heterocycles. The Morgan fingerprint density at radius 1 is 0.943 bits per heavy atom. The topological polar surface area (TPSA) is 87.7 Å². The number of hydrogen-bond acceptors (Lipinski definition) is 4. The molecular formula is C28H37N3O4. The van der Waals surface area contributed by atoms with Gasteiger partial charge < -0.3 is 20.3 Å². The minimum atomic E-state index is -0.857. The van der Waals surface area contributed by atoms with Crippen LogP contribution in [0, 0.1) is 20.8 Å². The van der Waals surface area contributed by atoms with E-state index in [0.717, 1.165) is 40.8 Å². The van der Waals surface area contributed by atoms with Gasteiger partial charge >= 0.3 is 6.09 Å². The Kier molecular flexibility index (Phi) is 7.88. The minimum Gasteiger partial charge on any atom is -0.444 e. The number of ether oxygens (including phenoxy) is 1. The van der Waals surface area contributed by atoms with Crippen molar-refractivity contribution in [2.75, 3.05) is 5.32 Å². The van der Waals surface area contributed by atoms with Crippen molar-refractivity contribution in [3.8, 4) is 0 Å². The first kappa shape index (κ1) is 26.3. The normalized spacial score (nSPS) is 15.1. The Hall–Kier alpha value is -3.35. The molecule has 0 spiro atoms. The molecule has 1 aliphatic carbocycles. The van der Waals surface area contributed by atoms with Crippen LogP contribution in [0.2, 0.25) is 0 Å². The van der Waals surface area contributed by atoms with Crippen LogP contribution in [0.3, 0.4) is 0 Å². The molecule has 2 atom stereocenters. The number of amides is 3. The summed E-state index contributed by atoms with van der Waals surface area (Å²) in [7, 11) is 0. The van der Waals surface area contributed by atoms with Crippen molar-refractivity contribution >= 4 is 23.6 Å². The summed E-state index contributed by atoms with van der Waals surface area (Å²) in [4.78, 5) is 41.6. The Morgan fingerprint density at radius 2 is 1.51 bits per heavy atom. The largest absolute Gasteiger partial charge is 0.444 e. The fourth-order valence-electron chi connectivity index (χ4n) is 4.15. The molecule has 0 radical (unpaired) electrons. The summed E-state index contributed by atoms with van der Waals surface area (Å²) in [6.07, 6.45) is 0.954. The van der Waals surface area contributed by atoms with Crippen molar-refractivity contribution in [3.63, 3.8) is 0 Å². The summed E-state index contributed by atoms with van der Waals surface area (Å²) in [5.41, 5.74) is 3.65. The van der Waals surface area contributed by atoms with Crippen LogP contribution in [0.4, 0.5) is 10.5 Å². The summed E-state index contributed by atoms with van der Waals surface area (Å²) in [6, 6.07) is 11.7. The van der Waals surface area contributed by atoms with E-state index in [1.54, 1.807) is 32.6 Å². The standard InChI is InChI=1S/C28H37N3O4/c1-17-11-8-9-14-22(17)24(25(32)30-23-18(2)12-10-13-19(23)3)31(21-15-16-21)26(33)20(4)29-27(34)35-28(5,6)7/h8-14,20-21,24H,15-16H2,1-7H3,(H,29,34)(H,30,32). The molecule has 0 aliphatic heterocycles. The molecule has 1 fully saturated rings. The van der Waals surface area contributed by atoms with Gasteiger partial charge in [0.1, 0.15) is 17.7 Å². The molecule has 3 amide bonds. The number of rotatable bonds is 7. The van der Waals surface area contributed by atoms with Gasteiger partial charge in [0, 0.05) is 11.7 Å². The van der Waals surface area contributed by atoms with Crippen LogP contribution in [0.5, 0.6) is 0 Å². The van der Waals surface area contributed by atoms with Crippen molar-refractivity contribution in [1.29, 1.82) is 0 Å². The molecule has 1 saturated carbocycles. The molecule has 7 heteroatoms. The molecular weight excluding hydrogens is 442 g/mol. The van der Waals surface area contributed by atoms with E-state index in [0.29, 0.717) is 0 Å². The molecule has 7 nitrogen and oxygen atoms in total. The number of anilines is 1. The van der Waals surface area contributed by atoms with Crippen LogP contribution in [-0.2, 0) is 14.3 Å². The maximum absolute atomic E-state index is 13.9. The third kappa shape index (κ3) is 6.62. The quantitative estimate of drug-likeness (QED) is 0.572. The van der Waals surface area contributed by atoms with Crippen LogP contribution < -0.4 is 10.6 Å². The number of benzene rings is 2. The Morgan fingerprint density at radius 3 is 2.06 bits per heavy atom. The zero-order chi connectivity index (χ0) is 25.9. The third-order valence-corrected chi connectivity index (χ3v) is 6.04. The highest BCUT2D eigenvalue weighted by Gasteiger charge is 2.43. The highest BCUT2D eigenvalue weighted by molar-refractivity contribution is 6.00. The SMILES string of the molecule is Cc1ccccc1C(C(=O)Nc1c(C)cccc1C)N(C(=O)C(C)NC(=O)OC(C)(C)C)C1CC1. The lowest BCUT2D eigenvalue weighted by atomic mass is 9.97. The van der Waals surface area contributed by atoms with Gasteiger partial charge in [-0.3, -0.25) is 9.59 Å². The smallest absolute Gasteiger partial charge is 0.408 e. The number of nitrogens with zero attached hydrogens (tertiary/aromatic N) is 1. The van der Waals surface area contributed by atoms with Crippen LogP contribution >= 0.6 is 0 Å². The van der Waals surface area contributed by atoms with Crippen molar-refractivity contribution in [2.45, 2.75) is 85.0 Å². The predicted octanol–water partition coefficient (Wildman–Crippen LogP) is 5.20. The molecule has 2 aromatic rings. The number of hydrogen-bond donors (Lipinski definition) is 2. The second kappa shape index (κ2) is 10.5. The van der Waals surface area contributed by atoms with E-state index < -0.39 is 23.8 Å². The van der Waals surface area contributed by atoms with Crippen molar-refractivity contribution in [1.82, 2.24) is 10.2 Å². The number of carbonyl (C=O) groups is 3.